The number of rotatable bonds is 5. The summed E-state index contributed by atoms with van der Waals surface area (Å²) >= 11 is 1.28. The lowest BCUT2D eigenvalue weighted by atomic mass is 10.0. The van der Waals surface area contributed by atoms with E-state index in [0.717, 1.165) is 26.1 Å². The first-order valence-electron chi connectivity index (χ1n) is 11.5. The van der Waals surface area contributed by atoms with Crippen molar-refractivity contribution in [3.8, 4) is 0 Å². The fraction of sp³-hybridized carbons (Fsp3) is 0.360. The van der Waals surface area contributed by atoms with Crippen molar-refractivity contribution in [3.63, 3.8) is 0 Å². The summed E-state index contributed by atoms with van der Waals surface area (Å²) in [7, 11) is 1.43. The number of para-hydroxylation sites is 1. The van der Waals surface area contributed by atoms with Crippen LogP contribution in [-0.4, -0.2) is 48.9 Å². The maximum Gasteiger partial charge on any atom is 0.331 e. The number of hydrogen-bond acceptors (Lipinski definition) is 7. The zero-order valence-electron chi connectivity index (χ0n) is 19.8. The van der Waals surface area contributed by atoms with E-state index in [2.05, 4.69) is 4.98 Å². The summed E-state index contributed by atoms with van der Waals surface area (Å²) in [5, 5.41) is 12.6. The van der Waals surface area contributed by atoms with Crippen LogP contribution >= 0.6 is 11.3 Å². The van der Waals surface area contributed by atoms with E-state index < -0.39 is 22.8 Å². The van der Waals surface area contributed by atoms with Gasteiger partial charge in [-0.05, 0) is 31.0 Å². The Morgan fingerprint density at radius 3 is 2.74 bits per heavy atom. The van der Waals surface area contributed by atoms with Crippen molar-refractivity contribution in [1.29, 1.82) is 0 Å². The van der Waals surface area contributed by atoms with Gasteiger partial charge in [0.1, 0.15) is 17.0 Å². The van der Waals surface area contributed by atoms with Crippen molar-refractivity contribution in [2.24, 2.45) is 7.05 Å². The Labute approximate surface area is 204 Å². The number of hydrogen-bond donors (Lipinski definition) is 1. The molecule has 0 radical (unpaired) electrons. The van der Waals surface area contributed by atoms with Gasteiger partial charge in [-0.1, -0.05) is 25.1 Å². The number of amides is 1. The normalized spacial score (nSPS) is 18.1. The molecule has 1 aromatic carbocycles. The second kappa shape index (κ2) is 8.71. The van der Waals surface area contributed by atoms with Gasteiger partial charge in [-0.25, -0.2) is 9.86 Å². The van der Waals surface area contributed by atoms with Crippen LogP contribution in [0, 0.1) is 0 Å². The predicted molar refractivity (Wildman–Crippen MR) is 134 cm³/mol. The maximum atomic E-state index is 13.8. The Kier molecular flexibility index (Phi) is 5.82. The summed E-state index contributed by atoms with van der Waals surface area (Å²) in [5.74, 6) is -0.499. The van der Waals surface area contributed by atoms with E-state index in [1.807, 2.05) is 37.3 Å². The minimum atomic E-state index is -1.18. The molecule has 1 atom stereocenters. The van der Waals surface area contributed by atoms with Crippen LogP contribution in [0.25, 0.3) is 21.1 Å². The molecule has 35 heavy (non-hydrogen) atoms. The number of aryl methyl sites for hydroxylation is 1. The van der Waals surface area contributed by atoms with Crippen LogP contribution in [-0.2, 0) is 24.9 Å². The Morgan fingerprint density at radius 2 is 2.03 bits per heavy atom. The SMILES string of the molecule is CCCn1c(=O)n(C)c(=O)c2c(C(=O)N3C[C@](C)(O)CO3)c(Cc3ccnc4ccccc34)sc21. The summed E-state index contributed by atoms with van der Waals surface area (Å²) in [4.78, 5) is 51.1. The summed E-state index contributed by atoms with van der Waals surface area (Å²) in [6.45, 7) is 3.92. The monoisotopic (exact) mass is 494 g/mol. The third kappa shape index (κ3) is 3.97. The molecule has 4 heterocycles. The van der Waals surface area contributed by atoms with Crippen molar-refractivity contribution in [1.82, 2.24) is 19.2 Å². The number of hydroxylamine groups is 2. The van der Waals surface area contributed by atoms with Crippen LogP contribution in [0.5, 0.6) is 0 Å². The smallest absolute Gasteiger partial charge is 0.331 e. The van der Waals surface area contributed by atoms with Gasteiger partial charge >= 0.3 is 5.69 Å². The molecule has 0 spiro atoms. The molecule has 10 heteroatoms. The predicted octanol–water partition coefficient (Wildman–Crippen LogP) is 2.45. The summed E-state index contributed by atoms with van der Waals surface area (Å²) in [6, 6.07) is 9.63. The lowest BCUT2D eigenvalue weighted by Gasteiger charge is -2.17. The van der Waals surface area contributed by atoms with Crippen molar-refractivity contribution < 1.29 is 14.7 Å². The van der Waals surface area contributed by atoms with Crippen molar-refractivity contribution >= 4 is 38.4 Å². The fourth-order valence-electron chi connectivity index (χ4n) is 4.50. The van der Waals surface area contributed by atoms with Gasteiger partial charge in [0.05, 0.1) is 23.0 Å². The molecule has 3 aromatic heterocycles. The van der Waals surface area contributed by atoms with Gasteiger partial charge in [-0.3, -0.25) is 28.5 Å². The molecule has 1 saturated heterocycles. The zero-order valence-corrected chi connectivity index (χ0v) is 20.6. The molecular formula is C25H26N4O5S. The summed E-state index contributed by atoms with van der Waals surface area (Å²) < 4.78 is 2.61. The molecule has 4 aromatic rings. The summed E-state index contributed by atoms with van der Waals surface area (Å²) in [5.41, 5.74) is -0.116. The number of carbonyl (C=O) groups excluding carboxylic acids is 1. The second-order valence-corrected chi connectivity index (χ2v) is 10.2. The van der Waals surface area contributed by atoms with E-state index >= 15 is 0 Å². The number of carbonyl (C=O) groups is 1. The average Bonchev–Trinajstić information content (AvgIpc) is 3.40. The Hall–Kier alpha value is -3.34. The number of nitrogens with zero attached hydrogens (tertiary/aromatic N) is 4. The third-order valence-corrected chi connectivity index (χ3v) is 7.45. The van der Waals surface area contributed by atoms with Crippen LogP contribution < -0.4 is 11.2 Å². The fourth-order valence-corrected chi connectivity index (χ4v) is 5.83. The number of benzene rings is 1. The van der Waals surface area contributed by atoms with Crippen LogP contribution in [0.2, 0.25) is 0 Å². The highest BCUT2D eigenvalue weighted by Crippen LogP contribution is 2.34. The first-order valence-corrected chi connectivity index (χ1v) is 12.3. The molecule has 1 aliphatic heterocycles. The minimum absolute atomic E-state index is 0.0181. The van der Waals surface area contributed by atoms with E-state index in [1.54, 1.807) is 17.7 Å². The Balaban J connectivity index is 1.76. The number of aliphatic hydroxyl groups is 1. The van der Waals surface area contributed by atoms with Gasteiger partial charge in [0.25, 0.3) is 11.5 Å². The standard InChI is InChI=1S/C25H26N4O5S/c1-4-11-28-23-20(21(30)27(3)24(28)32)19(22(31)29-13-25(2,33)14-34-29)18(35-23)12-15-9-10-26-17-8-6-5-7-16(15)17/h5-10,33H,4,11-14H2,1-3H3/t25-/m0/s1. The van der Waals surface area contributed by atoms with Crippen molar-refractivity contribution in [2.45, 2.75) is 38.8 Å². The lowest BCUT2D eigenvalue weighted by Crippen LogP contribution is -2.39. The van der Waals surface area contributed by atoms with Crippen LogP contribution in [0.3, 0.4) is 0 Å². The molecule has 1 amide bonds. The van der Waals surface area contributed by atoms with Crippen LogP contribution in [0.4, 0.5) is 0 Å². The van der Waals surface area contributed by atoms with E-state index in [9.17, 15) is 19.5 Å². The number of β-amino-alcohol motifs (C(OH)–C–C–N with tert-alkyl or cyclic N) is 1. The van der Waals surface area contributed by atoms with Crippen molar-refractivity contribution in [2.75, 3.05) is 13.2 Å². The van der Waals surface area contributed by atoms with Crippen LogP contribution in [0.1, 0.15) is 41.1 Å². The molecule has 0 saturated carbocycles. The van der Waals surface area contributed by atoms with E-state index in [1.165, 1.54) is 18.4 Å². The average molecular weight is 495 g/mol. The van der Waals surface area contributed by atoms with E-state index in [4.69, 9.17) is 4.84 Å². The van der Waals surface area contributed by atoms with Gasteiger partial charge in [-0.2, -0.15) is 0 Å². The van der Waals surface area contributed by atoms with Gasteiger partial charge < -0.3 is 5.11 Å². The first-order chi connectivity index (χ1) is 16.7. The van der Waals surface area contributed by atoms with E-state index in [-0.39, 0.29) is 24.1 Å². The molecule has 5 rings (SSSR count). The highest BCUT2D eigenvalue weighted by atomic mass is 32.1. The quantitative estimate of drug-likeness (QED) is 0.457. The van der Waals surface area contributed by atoms with Gasteiger partial charge in [0.15, 0.2) is 0 Å². The maximum absolute atomic E-state index is 13.8. The van der Waals surface area contributed by atoms with Gasteiger partial charge in [0.2, 0.25) is 0 Å². The second-order valence-electron chi connectivity index (χ2n) is 9.15. The Morgan fingerprint density at radius 1 is 1.26 bits per heavy atom. The molecule has 182 valence electrons. The van der Waals surface area contributed by atoms with Crippen LogP contribution in [0.15, 0.2) is 46.1 Å². The molecule has 1 N–H and O–H groups in total. The highest BCUT2D eigenvalue weighted by molar-refractivity contribution is 7.19. The largest absolute Gasteiger partial charge is 0.386 e. The molecule has 0 unspecified atom stereocenters. The first kappa shape index (κ1) is 23.4. The lowest BCUT2D eigenvalue weighted by molar-refractivity contribution is -0.0796. The van der Waals surface area contributed by atoms with E-state index in [0.29, 0.717) is 29.1 Å². The molecule has 9 nitrogen and oxygen atoms in total. The summed E-state index contributed by atoms with van der Waals surface area (Å²) in [6.07, 6.45) is 2.78. The Bertz CT molecular complexity index is 1580. The topological polar surface area (TPSA) is 107 Å². The third-order valence-electron chi connectivity index (χ3n) is 6.24. The molecule has 0 aliphatic carbocycles. The zero-order chi connectivity index (χ0) is 24.9. The molecule has 0 bridgehead atoms. The highest BCUT2D eigenvalue weighted by Gasteiger charge is 2.38. The molecule has 1 aliphatic rings. The number of pyridine rings is 1. The minimum Gasteiger partial charge on any atom is -0.386 e. The number of aromatic nitrogens is 3. The molecule has 1 fully saturated rings. The molecular weight excluding hydrogens is 468 g/mol. The number of fused-ring (bicyclic) bond motifs is 2. The number of thiophene rings is 1. The van der Waals surface area contributed by atoms with Gasteiger partial charge in [0, 0.05) is 36.5 Å². The van der Waals surface area contributed by atoms with Gasteiger partial charge in [-0.15, -0.1) is 11.3 Å². The van der Waals surface area contributed by atoms with Crippen molar-refractivity contribution in [3.05, 3.63) is 73.4 Å².